The van der Waals surface area contributed by atoms with Gasteiger partial charge in [0.05, 0.1) is 24.3 Å². The molecule has 2 rings (SSSR count). The minimum Gasteiger partial charge on any atom is -0.378 e. The Balaban J connectivity index is 1.81. The third kappa shape index (κ3) is 3.80. The number of para-hydroxylation sites is 1. The number of benzene rings is 1. The van der Waals surface area contributed by atoms with Crippen LogP contribution >= 0.6 is 15.9 Å². The number of ether oxygens (including phenoxy) is 1. The Morgan fingerprint density at radius 3 is 2.80 bits per heavy atom. The van der Waals surface area contributed by atoms with Crippen molar-refractivity contribution >= 4 is 33.4 Å². The molecule has 1 heterocycles. The number of rotatable bonds is 4. The molecule has 1 aliphatic heterocycles. The molecule has 1 aromatic rings. The molecule has 0 aliphatic carbocycles. The zero-order chi connectivity index (χ0) is 14.5. The summed E-state index contributed by atoms with van der Waals surface area (Å²) in [4.78, 5) is 23.7. The van der Waals surface area contributed by atoms with Crippen molar-refractivity contribution in [2.24, 2.45) is 5.92 Å². The second-order valence-electron chi connectivity index (χ2n) is 4.72. The number of carbonyl (C=O) groups is 2. The number of hydrogen-bond donors (Lipinski definition) is 2. The SMILES string of the molecule is C[C@H]1OCC[C@H]1C(=O)NCC(=O)Nc1ccccc1Br. The first kappa shape index (κ1) is 15.0. The fraction of sp³-hybridized carbons (Fsp3) is 0.429. The van der Waals surface area contributed by atoms with Crippen molar-refractivity contribution in [3.8, 4) is 0 Å². The van der Waals surface area contributed by atoms with Gasteiger partial charge in [-0.1, -0.05) is 12.1 Å². The Bertz CT molecular complexity index is 507. The van der Waals surface area contributed by atoms with Crippen molar-refractivity contribution in [2.75, 3.05) is 18.5 Å². The second-order valence-corrected chi connectivity index (χ2v) is 5.57. The molecule has 1 saturated heterocycles. The predicted molar refractivity (Wildman–Crippen MR) is 79.3 cm³/mol. The van der Waals surface area contributed by atoms with Gasteiger partial charge in [0.15, 0.2) is 0 Å². The maximum atomic E-state index is 11.9. The Morgan fingerprint density at radius 2 is 2.15 bits per heavy atom. The van der Waals surface area contributed by atoms with E-state index in [9.17, 15) is 9.59 Å². The smallest absolute Gasteiger partial charge is 0.243 e. The van der Waals surface area contributed by atoms with Gasteiger partial charge in [-0.15, -0.1) is 0 Å². The van der Waals surface area contributed by atoms with Crippen molar-refractivity contribution in [3.05, 3.63) is 28.7 Å². The first-order valence-electron chi connectivity index (χ1n) is 6.51. The van der Waals surface area contributed by atoms with Gasteiger partial charge in [-0.25, -0.2) is 0 Å². The number of carbonyl (C=O) groups excluding carboxylic acids is 2. The van der Waals surface area contributed by atoms with Gasteiger partial charge in [0, 0.05) is 11.1 Å². The molecule has 0 bridgehead atoms. The summed E-state index contributed by atoms with van der Waals surface area (Å²) in [5.74, 6) is -0.541. The van der Waals surface area contributed by atoms with Crippen LogP contribution in [0.3, 0.4) is 0 Å². The first-order chi connectivity index (χ1) is 9.58. The summed E-state index contributed by atoms with van der Waals surface area (Å²) >= 11 is 3.35. The largest absolute Gasteiger partial charge is 0.378 e. The van der Waals surface area contributed by atoms with Crippen LogP contribution in [0.15, 0.2) is 28.7 Å². The zero-order valence-electron chi connectivity index (χ0n) is 11.2. The monoisotopic (exact) mass is 340 g/mol. The predicted octanol–water partition coefficient (Wildman–Crippen LogP) is 1.93. The van der Waals surface area contributed by atoms with Crippen molar-refractivity contribution in [2.45, 2.75) is 19.4 Å². The van der Waals surface area contributed by atoms with Crippen LogP contribution in [-0.2, 0) is 14.3 Å². The number of nitrogens with one attached hydrogen (secondary N) is 2. The molecule has 0 radical (unpaired) electrons. The summed E-state index contributed by atoms with van der Waals surface area (Å²) in [7, 11) is 0. The van der Waals surface area contributed by atoms with E-state index in [4.69, 9.17) is 4.74 Å². The molecule has 1 fully saturated rings. The van der Waals surface area contributed by atoms with E-state index in [-0.39, 0.29) is 30.4 Å². The molecule has 2 amide bonds. The van der Waals surface area contributed by atoms with Crippen molar-refractivity contribution in [1.82, 2.24) is 5.32 Å². The van der Waals surface area contributed by atoms with Crippen molar-refractivity contribution in [3.63, 3.8) is 0 Å². The Hall–Kier alpha value is -1.40. The molecule has 6 heteroatoms. The third-order valence-electron chi connectivity index (χ3n) is 3.28. The van der Waals surface area contributed by atoms with Crippen LogP contribution in [0.5, 0.6) is 0 Å². The average molecular weight is 341 g/mol. The second kappa shape index (κ2) is 6.85. The maximum absolute atomic E-state index is 11.9. The number of halogens is 1. The number of anilines is 1. The highest BCUT2D eigenvalue weighted by Gasteiger charge is 2.30. The van der Waals surface area contributed by atoms with Crippen LogP contribution in [0.1, 0.15) is 13.3 Å². The van der Waals surface area contributed by atoms with Gasteiger partial charge in [-0.2, -0.15) is 0 Å². The molecule has 1 aromatic carbocycles. The van der Waals surface area contributed by atoms with E-state index in [1.165, 1.54) is 0 Å². The quantitative estimate of drug-likeness (QED) is 0.879. The summed E-state index contributed by atoms with van der Waals surface area (Å²) in [6.07, 6.45) is 0.625. The summed E-state index contributed by atoms with van der Waals surface area (Å²) in [5, 5.41) is 5.38. The van der Waals surface area contributed by atoms with E-state index in [0.717, 1.165) is 4.47 Å². The Morgan fingerprint density at radius 1 is 1.40 bits per heavy atom. The van der Waals surface area contributed by atoms with Crippen LogP contribution in [-0.4, -0.2) is 31.1 Å². The van der Waals surface area contributed by atoms with Gasteiger partial charge in [0.1, 0.15) is 0 Å². The molecule has 1 aliphatic rings. The molecule has 20 heavy (non-hydrogen) atoms. The van der Waals surface area contributed by atoms with E-state index < -0.39 is 0 Å². The molecular weight excluding hydrogens is 324 g/mol. The molecule has 0 saturated carbocycles. The van der Waals surface area contributed by atoms with Crippen LogP contribution in [0.25, 0.3) is 0 Å². The normalized spacial score (nSPS) is 21.5. The van der Waals surface area contributed by atoms with E-state index in [1.54, 1.807) is 6.07 Å². The standard InChI is InChI=1S/C14H17BrN2O3/c1-9-10(6-7-20-9)14(19)16-8-13(18)17-12-5-3-2-4-11(12)15/h2-5,9-10H,6-8H2,1H3,(H,16,19)(H,17,18)/t9-,10-/m1/s1. The van der Waals surface area contributed by atoms with Crippen LogP contribution in [0, 0.1) is 5.92 Å². The average Bonchev–Trinajstić information content (AvgIpc) is 2.85. The fourth-order valence-corrected chi connectivity index (χ4v) is 2.52. The van der Waals surface area contributed by atoms with E-state index >= 15 is 0 Å². The summed E-state index contributed by atoms with van der Waals surface area (Å²) < 4.78 is 6.14. The highest BCUT2D eigenvalue weighted by Crippen LogP contribution is 2.21. The third-order valence-corrected chi connectivity index (χ3v) is 3.98. The zero-order valence-corrected chi connectivity index (χ0v) is 12.8. The first-order valence-corrected chi connectivity index (χ1v) is 7.31. The Labute approximate surface area is 126 Å². The van der Waals surface area contributed by atoms with Gasteiger partial charge in [0.25, 0.3) is 0 Å². The minimum absolute atomic E-state index is 0.0383. The van der Waals surface area contributed by atoms with Crippen LogP contribution in [0.2, 0.25) is 0 Å². The fourth-order valence-electron chi connectivity index (χ4n) is 2.13. The van der Waals surface area contributed by atoms with Gasteiger partial charge in [-0.3, -0.25) is 9.59 Å². The lowest BCUT2D eigenvalue weighted by atomic mass is 10.0. The van der Waals surface area contributed by atoms with Gasteiger partial charge in [-0.05, 0) is 41.4 Å². The topological polar surface area (TPSA) is 67.4 Å². The summed E-state index contributed by atoms with van der Waals surface area (Å²) in [6.45, 7) is 2.43. The lowest BCUT2D eigenvalue weighted by molar-refractivity contribution is -0.128. The minimum atomic E-state index is -0.253. The molecule has 0 unspecified atom stereocenters. The summed E-state index contributed by atoms with van der Waals surface area (Å²) in [5.41, 5.74) is 0.685. The van der Waals surface area contributed by atoms with E-state index in [1.807, 2.05) is 25.1 Å². The molecule has 0 spiro atoms. The Kier molecular flexibility index (Phi) is 5.14. The van der Waals surface area contributed by atoms with Gasteiger partial charge in [0.2, 0.25) is 11.8 Å². The highest BCUT2D eigenvalue weighted by atomic mass is 79.9. The number of hydrogen-bond acceptors (Lipinski definition) is 3. The molecule has 2 N–H and O–H groups in total. The van der Waals surface area contributed by atoms with Crippen molar-refractivity contribution < 1.29 is 14.3 Å². The van der Waals surface area contributed by atoms with Gasteiger partial charge >= 0.3 is 0 Å². The number of amides is 2. The molecule has 0 aromatic heterocycles. The molecule has 5 nitrogen and oxygen atoms in total. The molecule has 2 atom stereocenters. The van der Waals surface area contributed by atoms with Gasteiger partial charge < -0.3 is 15.4 Å². The summed E-state index contributed by atoms with van der Waals surface area (Å²) in [6, 6.07) is 7.32. The van der Waals surface area contributed by atoms with Crippen LogP contribution < -0.4 is 10.6 Å². The van der Waals surface area contributed by atoms with E-state index in [0.29, 0.717) is 18.7 Å². The maximum Gasteiger partial charge on any atom is 0.243 e. The highest BCUT2D eigenvalue weighted by molar-refractivity contribution is 9.10. The van der Waals surface area contributed by atoms with Crippen LogP contribution in [0.4, 0.5) is 5.69 Å². The lowest BCUT2D eigenvalue weighted by Crippen LogP contribution is -2.38. The molecular formula is C14H17BrN2O3. The van der Waals surface area contributed by atoms with Crippen molar-refractivity contribution in [1.29, 1.82) is 0 Å². The molecule has 108 valence electrons. The van der Waals surface area contributed by atoms with E-state index in [2.05, 4.69) is 26.6 Å². The lowest BCUT2D eigenvalue weighted by Gasteiger charge is -2.14.